The number of aryl methyl sites for hydroxylation is 1. The van der Waals surface area contributed by atoms with E-state index in [-0.39, 0.29) is 5.82 Å². The summed E-state index contributed by atoms with van der Waals surface area (Å²) in [4.78, 5) is 9.09. The summed E-state index contributed by atoms with van der Waals surface area (Å²) < 4.78 is 15.1. The van der Waals surface area contributed by atoms with Gasteiger partial charge in [-0.25, -0.2) is 14.4 Å². The second-order valence-electron chi connectivity index (χ2n) is 5.22. The molecule has 22 heavy (non-hydrogen) atoms. The number of halogens is 1. The molecular formula is C18H18FN3. The molecule has 0 aliphatic heterocycles. The minimum absolute atomic E-state index is 0.243. The molecule has 2 aromatic carbocycles. The van der Waals surface area contributed by atoms with Crippen molar-refractivity contribution in [3.05, 3.63) is 59.9 Å². The molecule has 0 fully saturated rings. The Labute approximate surface area is 129 Å². The molecule has 0 amide bonds. The zero-order chi connectivity index (χ0) is 15.4. The number of hydrogen-bond acceptors (Lipinski definition) is 2. The average molecular weight is 295 g/mol. The normalized spacial score (nSPS) is 11.5. The molecule has 3 aromatic rings. The lowest BCUT2D eigenvalue weighted by molar-refractivity contribution is 0.628. The zero-order valence-electron chi connectivity index (χ0n) is 12.5. The van der Waals surface area contributed by atoms with Crippen molar-refractivity contribution in [3.63, 3.8) is 0 Å². The molecule has 112 valence electrons. The van der Waals surface area contributed by atoms with Gasteiger partial charge in [-0.3, -0.25) is 0 Å². The fourth-order valence-electron chi connectivity index (χ4n) is 2.38. The highest BCUT2D eigenvalue weighted by atomic mass is 19.1. The van der Waals surface area contributed by atoms with Crippen LogP contribution < -0.4 is 0 Å². The molecule has 3 nitrogen and oxygen atoms in total. The van der Waals surface area contributed by atoms with Gasteiger partial charge in [-0.05, 0) is 36.2 Å². The van der Waals surface area contributed by atoms with E-state index in [2.05, 4.69) is 27.5 Å². The second kappa shape index (κ2) is 6.52. The molecule has 0 N–H and O–H groups in total. The molecule has 1 heterocycles. The van der Waals surface area contributed by atoms with E-state index < -0.39 is 0 Å². The number of rotatable bonds is 5. The van der Waals surface area contributed by atoms with Crippen molar-refractivity contribution in [1.29, 1.82) is 0 Å². The minimum Gasteiger partial charge on any atom is -0.308 e. The van der Waals surface area contributed by atoms with Gasteiger partial charge in [0.25, 0.3) is 0 Å². The smallest absolute Gasteiger partial charge is 0.230 e. The highest BCUT2D eigenvalue weighted by Crippen LogP contribution is 2.22. The van der Waals surface area contributed by atoms with Crippen LogP contribution in [0.3, 0.4) is 0 Å². The van der Waals surface area contributed by atoms with Crippen molar-refractivity contribution < 1.29 is 4.39 Å². The van der Waals surface area contributed by atoms with E-state index in [1.165, 1.54) is 12.1 Å². The number of benzene rings is 2. The summed E-state index contributed by atoms with van der Waals surface area (Å²) in [6.45, 7) is 3.06. The maximum atomic E-state index is 12.9. The number of para-hydroxylation sites is 2. The van der Waals surface area contributed by atoms with Gasteiger partial charge in [0.2, 0.25) is 5.95 Å². The zero-order valence-corrected chi connectivity index (χ0v) is 12.5. The van der Waals surface area contributed by atoms with E-state index in [0.29, 0.717) is 5.95 Å². The van der Waals surface area contributed by atoms with Crippen LogP contribution in [0.15, 0.2) is 53.5 Å². The highest BCUT2D eigenvalue weighted by molar-refractivity contribution is 5.83. The summed E-state index contributed by atoms with van der Waals surface area (Å²) in [6.07, 6.45) is 3.93. The molecular weight excluding hydrogens is 277 g/mol. The van der Waals surface area contributed by atoms with Gasteiger partial charge in [0.05, 0.1) is 11.0 Å². The topological polar surface area (TPSA) is 30.2 Å². The van der Waals surface area contributed by atoms with Crippen LogP contribution in [0.2, 0.25) is 0 Å². The summed E-state index contributed by atoms with van der Waals surface area (Å²) >= 11 is 0. The number of imidazole rings is 1. The predicted octanol–water partition coefficient (Wildman–Crippen LogP) is 4.73. The van der Waals surface area contributed by atoms with Crippen LogP contribution in [0.4, 0.5) is 10.3 Å². The van der Waals surface area contributed by atoms with Gasteiger partial charge in [-0.15, -0.1) is 0 Å². The first-order valence-corrected chi connectivity index (χ1v) is 7.53. The second-order valence-corrected chi connectivity index (χ2v) is 5.22. The van der Waals surface area contributed by atoms with Crippen LogP contribution in [0, 0.1) is 5.82 Å². The van der Waals surface area contributed by atoms with Crippen molar-refractivity contribution in [2.45, 2.75) is 26.3 Å². The maximum Gasteiger partial charge on any atom is 0.230 e. The maximum absolute atomic E-state index is 12.9. The Morgan fingerprint density at radius 1 is 1.14 bits per heavy atom. The molecule has 0 atom stereocenters. The Kier molecular flexibility index (Phi) is 4.28. The first-order valence-electron chi connectivity index (χ1n) is 7.53. The molecule has 0 radical (unpaired) electrons. The van der Waals surface area contributed by atoms with Crippen molar-refractivity contribution in [3.8, 4) is 0 Å². The fourth-order valence-corrected chi connectivity index (χ4v) is 2.38. The van der Waals surface area contributed by atoms with Crippen LogP contribution in [-0.4, -0.2) is 15.8 Å². The van der Waals surface area contributed by atoms with Gasteiger partial charge in [0.15, 0.2) is 0 Å². The van der Waals surface area contributed by atoms with Crippen LogP contribution in [0.1, 0.15) is 25.3 Å². The van der Waals surface area contributed by atoms with Gasteiger partial charge in [0.1, 0.15) is 5.82 Å². The predicted molar refractivity (Wildman–Crippen MR) is 88.3 cm³/mol. The highest BCUT2D eigenvalue weighted by Gasteiger charge is 2.08. The fraction of sp³-hybridized carbons (Fsp3) is 0.222. The van der Waals surface area contributed by atoms with Gasteiger partial charge in [0, 0.05) is 12.8 Å². The Bertz CT molecular complexity index is 788. The van der Waals surface area contributed by atoms with Gasteiger partial charge >= 0.3 is 0 Å². The quantitative estimate of drug-likeness (QED) is 0.626. The number of nitrogens with zero attached hydrogens (tertiary/aromatic N) is 3. The standard InChI is InChI=1S/C18H18FN3/c1-2-3-12-22-17-7-5-4-6-16(17)21-18(22)20-13-14-8-10-15(19)11-9-14/h4-11,13H,2-3,12H2,1H3/b20-13+. The summed E-state index contributed by atoms with van der Waals surface area (Å²) in [5.74, 6) is 0.450. The molecule has 1 aromatic heterocycles. The molecule has 3 rings (SSSR count). The SMILES string of the molecule is CCCCn1c(/N=C/c2ccc(F)cc2)nc2ccccc21. The number of unbranched alkanes of at least 4 members (excludes halogenated alkanes) is 1. The van der Waals surface area contributed by atoms with Crippen LogP contribution in [0.25, 0.3) is 11.0 Å². The number of aliphatic imine (C=N–C) groups is 1. The monoisotopic (exact) mass is 295 g/mol. The Morgan fingerprint density at radius 3 is 2.68 bits per heavy atom. The van der Waals surface area contributed by atoms with Crippen LogP contribution in [-0.2, 0) is 6.54 Å². The van der Waals surface area contributed by atoms with Crippen LogP contribution in [0.5, 0.6) is 0 Å². The van der Waals surface area contributed by atoms with Gasteiger partial charge in [-0.1, -0.05) is 37.6 Å². The molecule has 0 saturated heterocycles. The minimum atomic E-state index is -0.243. The first kappa shape index (κ1) is 14.4. The molecule has 0 unspecified atom stereocenters. The summed E-state index contributed by atoms with van der Waals surface area (Å²) in [6, 6.07) is 14.3. The molecule has 0 saturated carbocycles. The Morgan fingerprint density at radius 2 is 1.91 bits per heavy atom. The average Bonchev–Trinajstić information content (AvgIpc) is 2.90. The Hall–Kier alpha value is -2.49. The number of fused-ring (bicyclic) bond motifs is 1. The molecule has 0 aliphatic carbocycles. The number of aromatic nitrogens is 2. The summed E-state index contributed by atoms with van der Waals surface area (Å²) in [7, 11) is 0. The first-order chi connectivity index (χ1) is 10.8. The van der Waals surface area contributed by atoms with Crippen molar-refractivity contribution in [1.82, 2.24) is 9.55 Å². The van der Waals surface area contributed by atoms with E-state index in [4.69, 9.17) is 0 Å². The summed E-state index contributed by atoms with van der Waals surface area (Å²) in [5.41, 5.74) is 2.91. The van der Waals surface area contributed by atoms with Gasteiger partial charge in [-0.2, -0.15) is 0 Å². The third kappa shape index (κ3) is 3.06. The largest absolute Gasteiger partial charge is 0.308 e. The summed E-state index contributed by atoms with van der Waals surface area (Å²) in [5, 5.41) is 0. The molecule has 0 aliphatic rings. The van der Waals surface area contributed by atoms with Crippen molar-refractivity contribution in [2.75, 3.05) is 0 Å². The molecule has 4 heteroatoms. The van der Waals surface area contributed by atoms with Crippen molar-refractivity contribution in [2.24, 2.45) is 4.99 Å². The van der Waals surface area contributed by atoms with E-state index in [0.717, 1.165) is 36.0 Å². The van der Waals surface area contributed by atoms with E-state index in [1.54, 1.807) is 18.3 Å². The van der Waals surface area contributed by atoms with E-state index in [9.17, 15) is 4.39 Å². The lowest BCUT2D eigenvalue weighted by Crippen LogP contribution is -1.97. The van der Waals surface area contributed by atoms with E-state index in [1.807, 2.05) is 18.2 Å². The van der Waals surface area contributed by atoms with Crippen molar-refractivity contribution >= 4 is 23.2 Å². The number of hydrogen-bond donors (Lipinski definition) is 0. The third-order valence-electron chi connectivity index (χ3n) is 3.57. The molecule has 0 spiro atoms. The van der Waals surface area contributed by atoms with Gasteiger partial charge < -0.3 is 4.57 Å². The third-order valence-corrected chi connectivity index (χ3v) is 3.57. The lowest BCUT2D eigenvalue weighted by atomic mass is 10.2. The van der Waals surface area contributed by atoms with E-state index >= 15 is 0 Å². The lowest BCUT2D eigenvalue weighted by Gasteiger charge is -2.04. The molecule has 0 bridgehead atoms. The van der Waals surface area contributed by atoms with Crippen LogP contribution >= 0.6 is 0 Å². The Balaban J connectivity index is 1.96.